The molecule has 3 aromatic rings. The summed E-state index contributed by atoms with van der Waals surface area (Å²) in [4.78, 5) is 17.9. The maximum atomic E-state index is 13.2. The monoisotopic (exact) mass is 452 g/mol. The largest absolute Gasteiger partial charge is 0.353 e. The van der Waals surface area contributed by atoms with Crippen molar-refractivity contribution in [2.75, 3.05) is 31.1 Å². The maximum Gasteiger partial charge on any atom is 0.141 e. The van der Waals surface area contributed by atoms with Crippen LogP contribution in [-0.4, -0.2) is 41.0 Å². The Morgan fingerprint density at radius 2 is 1.88 bits per heavy atom. The highest BCUT2D eigenvalue weighted by Gasteiger charge is 2.28. The first kappa shape index (κ1) is 21.8. The number of fused-ring (bicyclic) bond motifs is 3. The van der Waals surface area contributed by atoms with E-state index in [-0.39, 0.29) is 5.82 Å². The standard InChI is InChI=1S/C26H33FN4S/c1-4-18(3)24-28-25(23-21-10-5-17(2)15-22(21)32-26(23)29-24)31-13-11-30(12-14-31)16-19-6-8-20(27)9-7-19/h6-9,17-18H,4-5,10-16H2,1-3H3. The lowest BCUT2D eigenvalue weighted by Gasteiger charge is -2.36. The minimum absolute atomic E-state index is 0.169. The molecule has 0 saturated carbocycles. The van der Waals surface area contributed by atoms with Crippen LogP contribution in [0.25, 0.3) is 10.2 Å². The Bertz CT molecular complexity index is 1090. The fourth-order valence-electron chi connectivity index (χ4n) is 4.94. The summed E-state index contributed by atoms with van der Waals surface area (Å²) in [5.41, 5.74) is 2.69. The summed E-state index contributed by atoms with van der Waals surface area (Å²) >= 11 is 1.91. The molecule has 0 spiro atoms. The molecule has 1 aromatic carbocycles. The molecule has 0 N–H and O–H groups in total. The molecule has 0 bridgehead atoms. The van der Waals surface area contributed by atoms with Gasteiger partial charge in [0.25, 0.3) is 0 Å². The summed E-state index contributed by atoms with van der Waals surface area (Å²) in [5, 5.41) is 1.33. The molecule has 0 amide bonds. The van der Waals surface area contributed by atoms with Crippen LogP contribution in [0.4, 0.5) is 10.2 Å². The average Bonchev–Trinajstić information content (AvgIpc) is 3.17. The van der Waals surface area contributed by atoms with E-state index < -0.39 is 0 Å². The normalized spacial score (nSPS) is 20.5. The van der Waals surface area contributed by atoms with E-state index in [1.165, 1.54) is 44.9 Å². The van der Waals surface area contributed by atoms with Crippen LogP contribution in [0.15, 0.2) is 24.3 Å². The lowest BCUT2D eigenvalue weighted by atomic mass is 9.89. The molecule has 0 radical (unpaired) electrons. The van der Waals surface area contributed by atoms with Crippen molar-refractivity contribution in [2.24, 2.45) is 5.92 Å². The Labute approximate surface area is 194 Å². The number of hydrogen-bond donors (Lipinski definition) is 0. The number of rotatable bonds is 5. The van der Waals surface area contributed by atoms with Crippen LogP contribution in [0, 0.1) is 11.7 Å². The van der Waals surface area contributed by atoms with Crippen molar-refractivity contribution in [3.63, 3.8) is 0 Å². The first-order chi connectivity index (χ1) is 15.5. The molecule has 2 unspecified atom stereocenters. The van der Waals surface area contributed by atoms with E-state index in [1.807, 2.05) is 23.5 Å². The van der Waals surface area contributed by atoms with Gasteiger partial charge in [-0.15, -0.1) is 11.3 Å². The molecule has 32 heavy (non-hydrogen) atoms. The van der Waals surface area contributed by atoms with Crippen LogP contribution in [0.2, 0.25) is 0 Å². The predicted molar refractivity (Wildman–Crippen MR) is 131 cm³/mol. The van der Waals surface area contributed by atoms with E-state index in [2.05, 4.69) is 30.6 Å². The number of thiophene rings is 1. The van der Waals surface area contributed by atoms with Gasteiger partial charge < -0.3 is 4.90 Å². The van der Waals surface area contributed by atoms with Gasteiger partial charge in [0.1, 0.15) is 22.3 Å². The Morgan fingerprint density at radius 3 is 2.59 bits per heavy atom. The van der Waals surface area contributed by atoms with E-state index >= 15 is 0 Å². The van der Waals surface area contributed by atoms with Crippen LogP contribution >= 0.6 is 11.3 Å². The van der Waals surface area contributed by atoms with Crippen molar-refractivity contribution in [3.8, 4) is 0 Å². The van der Waals surface area contributed by atoms with Gasteiger partial charge in [-0.25, -0.2) is 14.4 Å². The molecule has 3 heterocycles. The summed E-state index contributed by atoms with van der Waals surface area (Å²) in [5.74, 6) is 3.12. The smallest absolute Gasteiger partial charge is 0.141 e. The first-order valence-electron chi connectivity index (χ1n) is 12.1. The number of benzene rings is 1. The number of anilines is 1. The Balaban J connectivity index is 1.42. The van der Waals surface area contributed by atoms with Gasteiger partial charge in [0.2, 0.25) is 0 Å². The molecular formula is C26H33FN4S. The molecule has 6 heteroatoms. The van der Waals surface area contributed by atoms with Gasteiger partial charge in [-0.2, -0.15) is 0 Å². The summed E-state index contributed by atoms with van der Waals surface area (Å²) in [6, 6.07) is 6.90. The third-order valence-corrected chi connectivity index (χ3v) is 8.35. The first-order valence-corrected chi connectivity index (χ1v) is 12.9. The zero-order valence-electron chi connectivity index (χ0n) is 19.4. The molecule has 2 aromatic heterocycles. The van der Waals surface area contributed by atoms with Crippen LogP contribution in [0.1, 0.15) is 61.4 Å². The van der Waals surface area contributed by atoms with Crippen molar-refractivity contribution in [1.29, 1.82) is 0 Å². The number of piperazine rings is 1. The number of aromatic nitrogens is 2. The van der Waals surface area contributed by atoms with Gasteiger partial charge in [-0.3, -0.25) is 4.90 Å². The summed E-state index contributed by atoms with van der Waals surface area (Å²) < 4.78 is 13.2. The van der Waals surface area contributed by atoms with Crippen LogP contribution in [0.5, 0.6) is 0 Å². The number of nitrogens with zero attached hydrogens (tertiary/aromatic N) is 4. The Hall–Kier alpha value is -2.05. The maximum absolute atomic E-state index is 13.2. The second-order valence-electron chi connectivity index (χ2n) is 9.64. The zero-order valence-corrected chi connectivity index (χ0v) is 20.2. The molecule has 5 rings (SSSR count). The van der Waals surface area contributed by atoms with Crippen molar-refractivity contribution < 1.29 is 4.39 Å². The topological polar surface area (TPSA) is 32.3 Å². The molecule has 1 saturated heterocycles. The van der Waals surface area contributed by atoms with E-state index in [1.54, 1.807) is 12.1 Å². The van der Waals surface area contributed by atoms with Gasteiger partial charge in [-0.1, -0.05) is 32.9 Å². The Morgan fingerprint density at radius 1 is 1.12 bits per heavy atom. The van der Waals surface area contributed by atoms with Gasteiger partial charge in [-0.05, 0) is 54.9 Å². The van der Waals surface area contributed by atoms with Crippen molar-refractivity contribution >= 4 is 27.4 Å². The summed E-state index contributed by atoms with van der Waals surface area (Å²) in [6.45, 7) is 11.6. The highest BCUT2D eigenvalue weighted by Crippen LogP contribution is 2.41. The van der Waals surface area contributed by atoms with Crippen LogP contribution in [-0.2, 0) is 19.4 Å². The molecular weight excluding hydrogens is 419 g/mol. The molecule has 1 aliphatic heterocycles. The predicted octanol–water partition coefficient (Wildman–Crippen LogP) is 5.79. The number of hydrogen-bond acceptors (Lipinski definition) is 5. The fraction of sp³-hybridized carbons (Fsp3) is 0.538. The number of aryl methyl sites for hydroxylation is 1. The lowest BCUT2D eigenvalue weighted by molar-refractivity contribution is 0.249. The van der Waals surface area contributed by atoms with Gasteiger partial charge in [0.05, 0.1) is 5.39 Å². The average molecular weight is 453 g/mol. The molecule has 170 valence electrons. The van der Waals surface area contributed by atoms with Gasteiger partial charge >= 0.3 is 0 Å². The third kappa shape index (κ3) is 4.27. The molecule has 1 fully saturated rings. The van der Waals surface area contributed by atoms with E-state index in [0.29, 0.717) is 5.92 Å². The van der Waals surface area contributed by atoms with Crippen molar-refractivity contribution in [1.82, 2.24) is 14.9 Å². The van der Waals surface area contributed by atoms with E-state index in [4.69, 9.17) is 9.97 Å². The van der Waals surface area contributed by atoms with Crippen molar-refractivity contribution in [2.45, 2.75) is 58.9 Å². The fourth-order valence-corrected chi connectivity index (χ4v) is 6.32. The molecule has 2 atom stereocenters. The second kappa shape index (κ2) is 9.06. The molecule has 4 nitrogen and oxygen atoms in total. The Kier molecular flexibility index (Phi) is 6.17. The second-order valence-corrected chi connectivity index (χ2v) is 10.7. The number of halogens is 1. The van der Waals surface area contributed by atoms with E-state index in [9.17, 15) is 4.39 Å². The highest BCUT2D eigenvalue weighted by atomic mass is 32.1. The summed E-state index contributed by atoms with van der Waals surface area (Å²) in [7, 11) is 0. The minimum Gasteiger partial charge on any atom is -0.353 e. The summed E-state index contributed by atoms with van der Waals surface area (Å²) in [6.07, 6.45) is 4.65. The van der Waals surface area contributed by atoms with Crippen LogP contribution < -0.4 is 4.90 Å². The van der Waals surface area contributed by atoms with Gasteiger partial charge in [0.15, 0.2) is 0 Å². The van der Waals surface area contributed by atoms with Crippen molar-refractivity contribution in [3.05, 3.63) is 51.9 Å². The van der Waals surface area contributed by atoms with E-state index in [0.717, 1.165) is 57.3 Å². The lowest BCUT2D eigenvalue weighted by Crippen LogP contribution is -2.46. The van der Waals surface area contributed by atoms with Crippen LogP contribution in [0.3, 0.4) is 0 Å². The minimum atomic E-state index is -0.169. The molecule has 2 aliphatic rings. The third-order valence-electron chi connectivity index (χ3n) is 7.20. The SMILES string of the molecule is CCC(C)c1nc(N2CCN(Cc3ccc(F)cc3)CC2)c2c3c(sc2n1)CC(C)CC3. The van der Waals surface area contributed by atoms with Gasteiger partial charge in [0, 0.05) is 43.5 Å². The highest BCUT2D eigenvalue weighted by molar-refractivity contribution is 7.19. The zero-order chi connectivity index (χ0) is 22.2. The quantitative estimate of drug-likeness (QED) is 0.490. The molecule has 1 aliphatic carbocycles.